The molecule has 2 aromatic rings. The minimum Gasteiger partial charge on any atom is -0.494 e. The normalized spacial score (nSPS) is 10.5. The van der Waals surface area contributed by atoms with E-state index < -0.39 is 0 Å². The molecule has 2 nitrogen and oxygen atoms in total. The van der Waals surface area contributed by atoms with Gasteiger partial charge in [0.05, 0.1) is 12.1 Å². The smallest absolute Gasteiger partial charge is 0.146 e. The number of fused-ring (bicyclic) bond motifs is 1. The van der Waals surface area contributed by atoms with Crippen LogP contribution in [0.4, 0.5) is 0 Å². The quantitative estimate of drug-likeness (QED) is 0.744. The number of methoxy groups -OCH3 is 1. The van der Waals surface area contributed by atoms with E-state index in [2.05, 4.69) is 4.98 Å². The Morgan fingerprint density at radius 3 is 2.79 bits per heavy atom. The lowest BCUT2D eigenvalue weighted by Crippen LogP contribution is -1.88. The Bertz CT molecular complexity index is 485. The Kier molecular flexibility index (Phi) is 2.48. The van der Waals surface area contributed by atoms with Gasteiger partial charge < -0.3 is 4.74 Å². The van der Waals surface area contributed by atoms with E-state index in [4.69, 9.17) is 27.9 Å². The van der Waals surface area contributed by atoms with Crippen LogP contribution >= 0.6 is 23.2 Å². The van der Waals surface area contributed by atoms with Gasteiger partial charge in [-0.3, -0.25) is 4.98 Å². The van der Waals surface area contributed by atoms with Crippen LogP contribution in [-0.2, 0) is 0 Å². The van der Waals surface area contributed by atoms with Crippen LogP contribution in [0.15, 0.2) is 24.4 Å². The van der Waals surface area contributed by atoms with Gasteiger partial charge in [-0.25, -0.2) is 0 Å². The predicted octanol–water partition coefficient (Wildman–Crippen LogP) is 3.55. The summed E-state index contributed by atoms with van der Waals surface area (Å²) in [6.07, 6.45) is 1.64. The maximum Gasteiger partial charge on any atom is 0.146 e. The zero-order chi connectivity index (χ0) is 10.1. The Balaban J connectivity index is 2.87. The van der Waals surface area contributed by atoms with Crippen molar-refractivity contribution in [2.24, 2.45) is 0 Å². The van der Waals surface area contributed by atoms with E-state index in [-0.39, 0.29) is 0 Å². The molecule has 0 aliphatic carbocycles. The summed E-state index contributed by atoms with van der Waals surface area (Å²) in [4.78, 5) is 4.19. The van der Waals surface area contributed by atoms with Crippen LogP contribution in [0.3, 0.4) is 0 Å². The molecular formula is C10H7Cl2NO. The molecule has 0 unspecified atom stereocenters. The van der Waals surface area contributed by atoms with Gasteiger partial charge in [0.2, 0.25) is 0 Å². The molecule has 1 aromatic carbocycles. The third-order valence-corrected chi connectivity index (χ3v) is 2.49. The van der Waals surface area contributed by atoms with Crippen molar-refractivity contribution in [2.45, 2.75) is 0 Å². The number of halogens is 2. The molecule has 1 aromatic heterocycles. The van der Waals surface area contributed by atoms with Crippen LogP contribution < -0.4 is 4.74 Å². The number of nitrogens with zero attached hydrogens (tertiary/aromatic N) is 1. The van der Waals surface area contributed by atoms with Gasteiger partial charge in [-0.1, -0.05) is 23.2 Å². The molecular weight excluding hydrogens is 221 g/mol. The van der Waals surface area contributed by atoms with Crippen LogP contribution in [0.5, 0.6) is 5.75 Å². The van der Waals surface area contributed by atoms with Gasteiger partial charge in [-0.15, -0.1) is 0 Å². The van der Waals surface area contributed by atoms with Crippen molar-refractivity contribution >= 4 is 34.1 Å². The lowest BCUT2D eigenvalue weighted by Gasteiger charge is -2.05. The van der Waals surface area contributed by atoms with Crippen LogP contribution in [0.25, 0.3) is 10.9 Å². The van der Waals surface area contributed by atoms with Crippen LogP contribution in [0.2, 0.25) is 10.0 Å². The molecule has 72 valence electrons. The minimum absolute atomic E-state index is 0.587. The van der Waals surface area contributed by atoms with Crippen molar-refractivity contribution in [1.29, 1.82) is 0 Å². The molecule has 0 atom stereocenters. The summed E-state index contributed by atoms with van der Waals surface area (Å²) in [5, 5.41) is 2.01. The largest absolute Gasteiger partial charge is 0.494 e. The fraction of sp³-hybridized carbons (Fsp3) is 0.100. The molecule has 0 aliphatic rings. The zero-order valence-corrected chi connectivity index (χ0v) is 8.93. The summed E-state index contributed by atoms with van der Waals surface area (Å²) in [6, 6.07) is 5.21. The Morgan fingerprint density at radius 2 is 2.07 bits per heavy atom. The maximum absolute atomic E-state index is 6.00. The molecule has 0 radical (unpaired) electrons. The van der Waals surface area contributed by atoms with Gasteiger partial charge in [0.25, 0.3) is 0 Å². The fourth-order valence-electron chi connectivity index (χ4n) is 1.31. The highest BCUT2D eigenvalue weighted by Gasteiger charge is 2.07. The first kappa shape index (κ1) is 9.56. The van der Waals surface area contributed by atoms with Crippen LogP contribution in [-0.4, -0.2) is 12.1 Å². The van der Waals surface area contributed by atoms with Crippen molar-refractivity contribution in [3.8, 4) is 5.75 Å². The Labute approximate surface area is 91.4 Å². The second kappa shape index (κ2) is 3.64. The summed E-state index contributed by atoms with van der Waals surface area (Å²) in [7, 11) is 1.58. The SMILES string of the molecule is COc1cc(Cl)cc2c(Cl)ccnc12. The number of hydrogen-bond acceptors (Lipinski definition) is 2. The summed E-state index contributed by atoms with van der Waals surface area (Å²) >= 11 is 11.9. The first-order valence-electron chi connectivity index (χ1n) is 4.00. The molecule has 0 saturated carbocycles. The van der Waals surface area contributed by atoms with E-state index in [1.165, 1.54) is 0 Å². The van der Waals surface area contributed by atoms with Crippen molar-refractivity contribution in [1.82, 2.24) is 4.98 Å². The molecule has 0 aliphatic heterocycles. The molecule has 14 heavy (non-hydrogen) atoms. The van der Waals surface area contributed by atoms with Gasteiger partial charge in [0, 0.05) is 22.7 Å². The Morgan fingerprint density at radius 1 is 1.29 bits per heavy atom. The second-order valence-electron chi connectivity index (χ2n) is 2.80. The summed E-state index contributed by atoms with van der Waals surface area (Å²) in [6.45, 7) is 0. The molecule has 0 N–H and O–H groups in total. The van der Waals surface area contributed by atoms with E-state index in [0.29, 0.717) is 15.8 Å². The number of pyridine rings is 1. The van der Waals surface area contributed by atoms with Crippen LogP contribution in [0.1, 0.15) is 0 Å². The lowest BCUT2D eigenvalue weighted by atomic mass is 10.2. The molecule has 4 heteroatoms. The summed E-state index contributed by atoms with van der Waals surface area (Å²) < 4.78 is 5.16. The number of hydrogen-bond donors (Lipinski definition) is 0. The first-order valence-corrected chi connectivity index (χ1v) is 4.75. The second-order valence-corrected chi connectivity index (χ2v) is 3.64. The van der Waals surface area contributed by atoms with E-state index in [9.17, 15) is 0 Å². The molecule has 0 fully saturated rings. The zero-order valence-electron chi connectivity index (χ0n) is 7.42. The molecule has 0 saturated heterocycles. The fourth-order valence-corrected chi connectivity index (χ4v) is 1.72. The van der Waals surface area contributed by atoms with Crippen molar-refractivity contribution < 1.29 is 4.74 Å². The molecule has 0 spiro atoms. The van der Waals surface area contributed by atoms with E-state index in [1.807, 2.05) is 0 Å². The standard InChI is InChI=1S/C10H7Cl2NO/c1-14-9-5-6(11)4-7-8(12)2-3-13-10(7)9/h2-5H,1H3. The predicted molar refractivity (Wildman–Crippen MR) is 58.3 cm³/mol. The van der Waals surface area contributed by atoms with Crippen LogP contribution in [0, 0.1) is 0 Å². The summed E-state index contributed by atoms with van der Waals surface area (Å²) in [5.74, 6) is 0.634. The molecule has 0 bridgehead atoms. The van der Waals surface area contributed by atoms with E-state index in [1.54, 1.807) is 31.5 Å². The topological polar surface area (TPSA) is 22.1 Å². The van der Waals surface area contributed by atoms with Gasteiger partial charge >= 0.3 is 0 Å². The molecule has 1 heterocycles. The number of rotatable bonds is 1. The number of aromatic nitrogens is 1. The highest BCUT2D eigenvalue weighted by molar-refractivity contribution is 6.37. The third kappa shape index (κ3) is 1.51. The average Bonchev–Trinajstić information content (AvgIpc) is 2.18. The van der Waals surface area contributed by atoms with Gasteiger partial charge in [-0.2, -0.15) is 0 Å². The highest BCUT2D eigenvalue weighted by Crippen LogP contribution is 2.31. The van der Waals surface area contributed by atoms with Crippen molar-refractivity contribution in [2.75, 3.05) is 7.11 Å². The molecule has 2 rings (SSSR count). The first-order chi connectivity index (χ1) is 6.72. The van der Waals surface area contributed by atoms with E-state index >= 15 is 0 Å². The monoisotopic (exact) mass is 227 g/mol. The van der Waals surface area contributed by atoms with Gasteiger partial charge in [-0.05, 0) is 12.1 Å². The minimum atomic E-state index is 0.587. The third-order valence-electron chi connectivity index (χ3n) is 1.94. The van der Waals surface area contributed by atoms with Gasteiger partial charge in [0.15, 0.2) is 0 Å². The maximum atomic E-state index is 6.00. The van der Waals surface area contributed by atoms with E-state index in [0.717, 1.165) is 10.9 Å². The number of benzene rings is 1. The number of ether oxygens (including phenoxy) is 1. The average molecular weight is 228 g/mol. The lowest BCUT2D eigenvalue weighted by molar-refractivity contribution is 0.419. The van der Waals surface area contributed by atoms with Gasteiger partial charge in [0.1, 0.15) is 11.3 Å². The molecule has 0 amide bonds. The van der Waals surface area contributed by atoms with Crippen molar-refractivity contribution in [3.63, 3.8) is 0 Å². The summed E-state index contributed by atoms with van der Waals surface area (Å²) in [5.41, 5.74) is 0.726. The van der Waals surface area contributed by atoms with Crippen molar-refractivity contribution in [3.05, 3.63) is 34.4 Å². The Hall–Kier alpha value is -0.990. The highest BCUT2D eigenvalue weighted by atomic mass is 35.5.